The molecule has 154 valence electrons. The number of nitrogens with zero attached hydrogens (tertiary/aromatic N) is 2. The van der Waals surface area contributed by atoms with Gasteiger partial charge in [0.15, 0.2) is 11.4 Å². The molecule has 0 saturated carbocycles. The Morgan fingerprint density at radius 2 is 1.80 bits per heavy atom. The number of methoxy groups -OCH3 is 2. The molecule has 0 bridgehead atoms. The summed E-state index contributed by atoms with van der Waals surface area (Å²) in [4.78, 5) is 36.3. The Kier molecular flexibility index (Phi) is 6.11. The summed E-state index contributed by atoms with van der Waals surface area (Å²) in [6.45, 7) is 0.120. The predicted octanol–water partition coefficient (Wildman–Crippen LogP) is 1.66. The topological polar surface area (TPSA) is 120 Å². The maximum absolute atomic E-state index is 12.6. The van der Waals surface area contributed by atoms with E-state index in [1.807, 2.05) is 0 Å². The zero-order chi connectivity index (χ0) is 21.7. The zero-order valence-electron chi connectivity index (χ0n) is 16.3. The van der Waals surface area contributed by atoms with Crippen LogP contribution in [-0.2, 0) is 11.3 Å². The van der Waals surface area contributed by atoms with Crippen LogP contribution < -0.4 is 15.6 Å². The molecule has 1 heterocycles. The molecule has 2 aromatic carbocycles. The molecule has 0 fully saturated rings. The van der Waals surface area contributed by atoms with E-state index in [1.165, 1.54) is 14.2 Å². The Bertz CT molecular complexity index is 1140. The maximum Gasteiger partial charge on any atom is 0.337 e. The van der Waals surface area contributed by atoms with Gasteiger partial charge in [0.05, 0.1) is 19.8 Å². The van der Waals surface area contributed by atoms with Gasteiger partial charge in [-0.1, -0.05) is 24.3 Å². The molecule has 0 aliphatic carbocycles. The lowest BCUT2D eigenvalue weighted by molar-refractivity contribution is 0.0600. The normalized spacial score (nSPS) is 10.3. The summed E-state index contributed by atoms with van der Waals surface area (Å²) in [5.74, 6) is -1.29. The van der Waals surface area contributed by atoms with E-state index in [1.54, 1.807) is 48.5 Å². The highest BCUT2D eigenvalue weighted by Crippen LogP contribution is 2.21. The summed E-state index contributed by atoms with van der Waals surface area (Å²) in [5.41, 5.74) is 0.500. The van der Waals surface area contributed by atoms with Crippen LogP contribution in [0.4, 0.5) is 0 Å². The van der Waals surface area contributed by atoms with Gasteiger partial charge in [-0.05, 0) is 29.8 Å². The second-order valence-corrected chi connectivity index (χ2v) is 6.17. The van der Waals surface area contributed by atoms with Gasteiger partial charge in [0.2, 0.25) is 0 Å². The Hall–Kier alpha value is -4.14. The number of rotatable bonds is 6. The molecule has 0 radical (unpaired) electrons. The molecule has 3 rings (SSSR count). The predicted molar refractivity (Wildman–Crippen MR) is 107 cm³/mol. The zero-order valence-corrected chi connectivity index (χ0v) is 16.3. The first-order chi connectivity index (χ1) is 14.4. The minimum absolute atomic E-state index is 0.120. The second kappa shape index (κ2) is 8.91. The standard InChI is InChI=1S/C21H19N3O6/c1-29-17-6-4-3-5-15(17)24-18(26)11-16(25)19(23-24)20(27)22-12-13-7-9-14(10-8-13)21(28)30-2/h3-11,25H,12H2,1-2H3,(H,22,27). The molecule has 3 aromatic rings. The Labute approximate surface area is 171 Å². The summed E-state index contributed by atoms with van der Waals surface area (Å²) in [7, 11) is 2.74. The summed E-state index contributed by atoms with van der Waals surface area (Å²) in [6, 6.07) is 14.1. The van der Waals surface area contributed by atoms with Crippen LogP contribution in [0.2, 0.25) is 0 Å². The highest BCUT2D eigenvalue weighted by molar-refractivity contribution is 5.94. The Balaban J connectivity index is 1.82. The van der Waals surface area contributed by atoms with Crippen LogP contribution in [0.15, 0.2) is 59.4 Å². The molecule has 1 aromatic heterocycles. The first-order valence-electron chi connectivity index (χ1n) is 8.86. The van der Waals surface area contributed by atoms with Gasteiger partial charge in [0.25, 0.3) is 11.5 Å². The van der Waals surface area contributed by atoms with Crippen molar-refractivity contribution in [2.75, 3.05) is 14.2 Å². The van der Waals surface area contributed by atoms with Gasteiger partial charge < -0.3 is 19.9 Å². The van der Waals surface area contributed by atoms with Gasteiger partial charge in [0.1, 0.15) is 11.4 Å². The summed E-state index contributed by atoms with van der Waals surface area (Å²) in [5, 5.41) is 16.7. The fourth-order valence-corrected chi connectivity index (χ4v) is 2.73. The number of aromatic nitrogens is 2. The Morgan fingerprint density at radius 1 is 1.10 bits per heavy atom. The number of esters is 1. The van der Waals surface area contributed by atoms with Crippen molar-refractivity contribution in [3.05, 3.63) is 81.8 Å². The third kappa shape index (κ3) is 4.30. The minimum Gasteiger partial charge on any atom is -0.505 e. The van der Waals surface area contributed by atoms with Gasteiger partial charge in [0, 0.05) is 12.6 Å². The number of carbonyl (C=O) groups excluding carboxylic acids is 2. The van der Waals surface area contributed by atoms with E-state index in [2.05, 4.69) is 15.2 Å². The van der Waals surface area contributed by atoms with Gasteiger partial charge in [-0.2, -0.15) is 9.78 Å². The van der Waals surface area contributed by atoms with E-state index >= 15 is 0 Å². The molecule has 30 heavy (non-hydrogen) atoms. The quantitative estimate of drug-likeness (QED) is 0.594. The number of para-hydroxylation sites is 2. The van der Waals surface area contributed by atoms with Crippen LogP contribution in [0.5, 0.6) is 11.5 Å². The van der Waals surface area contributed by atoms with Crippen LogP contribution in [0.25, 0.3) is 5.69 Å². The lowest BCUT2D eigenvalue weighted by Crippen LogP contribution is -2.29. The van der Waals surface area contributed by atoms with E-state index in [0.29, 0.717) is 22.6 Å². The van der Waals surface area contributed by atoms with E-state index in [9.17, 15) is 19.5 Å². The van der Waals surface area contributed by atoms with Gasteiger partial charge in [-0.25, -0.2) is 4.79 Å². The summed E-state index contributed by atoms with van der Waals surface area (Å²) >= 11 is 0. The van der Waals surface area contributed by atoms with Gasteiger partial charge >= 0.3 is 5.97 Å². The number of hydrogen-bond acceptors (Lipinski definition) is 7. The van der Waals surface area contributed by atoms with E-state index in [0.717, 1.165) is 10.7 Å². The number of amides is 1. The lowest BCUT2D eigenvalue weighted by atomic mass is 10.1. The highest BCUT2D eigenvalue weighted by atomic mass is 16.5. The molecule has 2 N–H and O–H groups in total. The van der Waals surface area contributed by atoms with Crippen LogP contribution in [0.1, 0.15) is 26.4 Å². The average Bonchev–Trinajstić information content (AvgIpc) is 2.77. The molecule has 9 heteroatoms. The third-order valence-electron chi connectivity index (χ3n) is 4.27. The van der Waals surface area contributed by atoms with Crippen LogP contribution in [0.3, 0.4) is 0 Å². The smallest absolute Gasteiger partial charge is 0.337 e. The van der Waals surface area contributed by atoms with Crippen molar-refractivity contribution in [2.45, 2.75) is 6.54 Å². The van der Waals surface area contributed by atoms with Crippen molar-refractivity contribution < 1.29 is 24.2 Å². The molecule has 0 aliphatic heterocycles. The van der Waals surface area contributed by atoms with Crippen molar-refractivity contribution in [3.8, 4) is 17.2 Å². The van der Waals surface area contributed by atoms with Crippen molar-refractivity contribution in [1.82, 2.24) is 15.1 Å². The summed E-state index contributed by atoms with van der Waals surface area (Å²) in [6.07, 6.45) is 0. The number of ether oxygens (including phenoxy) is 2. The van der Waals surface area contributed by atoms with Gasteiger partial charge in [-0.3, -0.25) is 9.59 Å². The highest BCUT2D eigenvalue weighted by Gasteiger charge is 2.18. The van der Waals surface area contributed by atoms with E-state index < -0.39 is 23.2 Å². The van der Waals surface area contributed by atoms with E-state index in [4.69, 9.17) is 4.74 Å². The molecule has 0 aliphatic rings. The second-order valence-electron chi connectivity index (χ2n) is 6.17. The Morgan fingerprint density at radius 3 is 2.47 bits per heavy atom. The molecule has 0 atom stereocenters. The summed E-state index contributed by atoms with van der Waals surface area (Å²) < 4.78 is 10.9. The number of benzene rings is 2. The average molecular weight is 409 g/mol. The molecule has 0 spiro atoms. The van der Waals surface area contributed by atoms with Crippen molar-refractivity contribution in [1.29, 1.82) is 0 Å². The largest absolute Gasteiger partial charge is 0.505 e. The molecule has 9 nitrogen and oxygen atoms in total. The van der Waals surface area contributed by atoms with Crippen molar-refractivity contribution in [3.63, 3.8) is 0 Å². The number of carbonyl (C=O) groups is 2. The molecular weight excluding hydrogens is 390 g/mol. The van der Waals surface area contributed by atoms with Crippen molar-refractivity contribution >= 4 is 11.9 Å². The van der Waals surface area contributed by atoms with Crippen LogP contribution >= 0.6 is 0 Å². The molecule has 1 amide bonds. The first kappa shape index (κ1) is 20.6. The van der Waals surface area contributed by atoms with Crippen molar-refractivity contribution in [2.24, 2.45) is 0 Å². The number of aromatic hydroxyl groups is 1. The third-order valence-corrected chi connectivity index (χ3v) is 4.27. The monoisotopic (exact) mass is 409 g/mol. The molecule has 0 saturated heterocycles. The first-order valence-corrected chi connectivity index (χ1v) is 8.86. The maximum atomic E-state index is 12.6. The molecule has 0 unspecified atom stereocenters. The van der Waals surface area contributed by atoms with Crippen LogP contribution in [-0.4, -0.2) is 41.0 Å². The van der Waals surface area contributed by atoms with E-state index in [-0.39, 0.29) is 12.2 Å². The molecular formula is C21H19N3O6. The number of hydrogen-bond donors (Lipinski definition) is 2. The lowest BCUT2D eigenvalue weighted by Gasteiger charge is -2.12. The minimum atomic E-state index is -0.673. The SMILES string of the molecule is COC(=O)c1ccc(CNC(=O)c2nn(-c3ccccc3OC)c(=O)cc2O)cc1. The fraction of sp³-hybridized carbons (Fsp3) is 0.143. The fourth-order valence-electron chi connectivity index (χ4n) is 2.73. The number of nitrogens with one attached hydrogen (secondary N) is 1. The van der Waals surface area contributed by atoms with Gasteiger partial charge in [-0.15, -0.1) is 0 Å². The van der Waals surface area contributed by atoms with Crippen LogP contribution in [0, 0.1) is 0 Å².